The van der Waals surface area contributed by atoms with Gasteiger partial charge >= 0.3 is 0 Å². The minimum absolute atomic E-state index is 0.0693. The maximum absolute atomic E-state index is 12.2. The van der Waals surface area contributed by atoms with Crippen LogP contribution in [-0.2, 0) is 4.74 Å². The van der Waals surface area contributed by atoms with Crippen LogP contribution in [0.15, 0.2) is 18.2 Å². The first-order chi connectivity index (χ1) is 9.60. The predicted octanol–water partition coefficient (Wildman–Crippen LogP) is 1.78. The molecule has 1 aliphatic rings. The molecular weight excluding hydrogens is 258 g/mol. The third-order valence-electron chi connectivity index (χ3n) is 3.60. The summed E-state index contributed by atoms with van der Waals surface area (Å²) in [6, 6.07) is 4.16. The molecule has 1 saturated heterocycles. The summed E-state index contributed by atoms with van der Waals surface area (Å²) in [5.41, 5.74) is 0.408. The molecular formula is C15H21NO4. The number of nitrogens with zero attached hydrogens (tertiary/aromatic N) is 1. The zero-order valence-electron chi connectivity index (χ0n) is 11.7. The second kappa shape index (κ2) is 6.72. The number of carbonyl (C=O) groups is 1. The highest BCUT2D eigenvalue weighted by molar-refractivity contribution is 5.98. The second-order valence-electron chi connectivity index (χ2n) is 5.09. The summed E-state index contributed by atoms with van der Waals surface area (Å²) >= 11 is 0. The lowest BCUT2D eigenvalue weighted by Gasteiger charge is -2.22. The number of ketones is 1. The van der Waals surface area contributed by atoms with E-state index in [9.17, 15) is 15.0 Å². The first kappa shape index (κ1) is 14.8. The first-order valence-electron chi connectivity index (χ1n) is 6.99. The number of benzene rings is 1. The van der Waals surface area contributed by atoms with E-state index in [-0.39, 0.29) is 23.4 Å². The van der Waals surface area contributed by atoms with Gasteiger partial charge < -0.3 is 14.9 Å². The summed E-state index contributed by atoms with van der Waals surface area (Å²) in [5, 5.41) is 18.7. The molecule has 1 fully saturated rings. The van der Waals surface area contributed by atoms with Crippen molar-refractivity contribution in [2.45, 2.75) is 25.9 Å². The van der Waals surface area contributed by atoms with Gasteiger partial charge in [-0.1, -0.05) is 6.92 Å². The minimum Gasteiger partial charge on any atom is -0.504 e. The third kappa shape index (κ3) is 3.71. The van der Waals surface area contributed by atoms with E-state index >= 15 is 0 Å². The molecule has 1 heterocycles. The molecule has 0 bridgehead atoms. The molecule has 0 aliphatic carbocycles. The maximum atomic E-state index is 12.2. The van der Waals surface area contributed by atoms with E-state index in [1.807, 2.05) is 11.8 Å². The number of carbonyl (C=O) groups excluding carboxylic acids is 1. The number of hydrogen-bond donors (Lipinski definition) is 2. The van der Waals surface area contributed by atoms with Gasteiger partial charge in [0, 0.05) is 18.7 Å². The molecule has 0 amide bonds. The van der Waals surface area contributed by atoms with E-state index in [1.165, 1.54) is 18.2 Å². The van der Waals surface area contributed by atoms with Gasteiger partial charge in [-0.15, -0.1) is 0 Å². The number of hydrogen-bond acceptors (Lipinski definition) is 5. The van der Waals surface area contributed by atoms with Crippen LogP contribution in [0.4, 0.5) is 0 Å². The summed E-state index contributed by atoms with van der Waals surface area (Å²) in [6.45, 7) is 4.64. The van der Waals surface area contributed by atoms with Crippen LogP contribution in [0.25, 0.3) is 0 Å². The van der Waals surface area contributed by atoms with Gasteiger partial charge in [-0.2, -0.15) is 0 Å². The van der Waals surface area contributed by atoms with E-state index in [0.717, 1.165) is 32.5 Å². The molecule has 1 unspecified atom stereocenters. The summed E-state index contributed by atoms with van der Waals surface area (Å²) in [4.78, 5) is 14.2. The number of rotatable bonds is 6. The quantitative estimate of drug-likeness (QED) is 0.613. The van der Waals surface area contributed by atoms with Gasteiger partial charge in [0.1, 0.15) is 0 Å². The zero-order chi connectivity index (χ0) is 14.5. The van der Waals surface area contributed by atoms with Gasteiger partial charge in [-0.05, 0) is 37.6 Å². The average molecular weight is 279 g/mol. The summed E-state index contributed by atoms with van der Waals surface area (Å²) in [7, 11) is 0. The number of likely N-dealkylation sites (N-methyl/N-ethyl adjacent to an activating group) is 1. The van der Waals surface area contributed by atoms with Crippen molar-refractivity contribution in [3.63, 3.8) is 0 Å². The van der Waals surface area contributed by atoms with Crippen molar-refractivity contribution in [3.05, 3.63) is 23.8 Å². The molecule has 0 saturated carbocycles. The van der Waals surface area contributed by atoms with Crippen LogP contribution in [0.2, 0.25) is 0 Å². The van der Waals surface area contributed by atoms with Crippen LogP contribution in [0, 0.1) is 0 Å². The number of ether oxygens (including phenoxy) is 1. The molecule has 0 radical (unpaired) electrons. The van der Waals surface area contributed by atoms with Gasteiger partial charge in [0.05, 0.1) is 12.6 Å². The fraction of sp³-hybridized carbons (Fsp3) is 0.533. The van der Waals surface area contributed by atoms with Crippen molar-refractivity contribution in [1.29, 1.82) is 0 Å². The molecule has 110 valence electrons. The van der Waals surface area contributed by atoms with Gasteiger partial charge in [-0.25, -0.2) is 0 Å². The van der Waals surface area contributed by atoms with E-state index in [2.05, 4.69) is 0 Å². The molecule has 1 atom stereocenters. The van der Waals surface area contributed by atoms with Gasteiger partial charge in [0.2, 0.25) is 0 Å². The molecule has 0 spiro atoms. The number of phenols is 2. The molecule has 1 aromatic rings. The lowest BCUT2D eigenvalue weighted by molar-refractivity contribution is 0.0686. The van der Waals surface area contributed by atoms with E-state index < -0.39 is 0 Å². The van der Waals surface area contributed by atoms with E-state index in [0.29, 0.717) is 12.1 Å². The Bertz CT molecular complexity index is 469. The standard InChI is InChI=1S/C15H21NO4/c1-2-16(9-12-4-3-7-20-12)10-15(19)11-5-6-13(17)14(18)8-11/h5-6,8,12,17-18H,2-4,7,9-10H2,1H3. The molecule has 2 N–H and O–H groups in total. The van der Waals surface area contributed by atoms with Crippen molar-refractivity contribution in [1.82, 2.24) is 4.90 Å². The fourth-order valence-electron chi connectivity index (χ4n) is 2.37. The molecule has 1 aliphatic heterocycles. The Balaban J connectivity index is 1.95. The van der Waals surface area contributed by atoms with Crippen LogP contribution >= 0.6 is 0 Å². The Kier molecular flexibility index (Phi) is 4.98. The zero-order valence-corrected chi connectivity index (χ0v) is 11.7. The van der Waals surface area contributed by atoms with Gasteiger partial charge in [0.15, 0.2) is 17.3 Å². The molecule has 5 heteroatoms. The summed E-state index contributed by atoms with van der Waals surface area (Å²) in [6.07, 6.45) is 2.35. The fourth-order valence-corrected chi connectivity index (χ4v) is 2.37. The van der Waals surface area contributed by atoms with E-state index in [1.54, 1.807) is 0 Å². The highest BCUT2D eigenvalue weighted by Gasteiger charge is 2.20. The van der Waals surface area contributed by atoms with Crippen LogP contribution in [0.5, 0.6) is 11.5 Å². The van der Waals surface area contributed by atoms with Crippen LogP contribution in [-0.4, -0.2) is 53.2 Å². The van der Waals surface area contributed by atoms with Gasteiger partial charge in [-0.3, -0.25) is 9.69 Å². The molecule has 2 rings (SSSR count). The maximum Gasteiger partial charge on any atom is 0.176 e. The Hall–Kier alpha value is -1.59. The Morgan fingerprint density at radius 2 is 2.20 bits per heavy atom. The van der Waals surface area contributed by atoms with E-state index in [4.69, 9.17) is 4.74 Å². The Labute approximate surface area is 118 Å². The van der Waals surface area contributed by atoms with Crippen molar-refractivity contribution < 1.29 is 19.7 Å². The second-order valence-corrected chi connectivity index (χ2v) is 5.09. The number of Topliss-reactive ketones (excluding diaryl/α,β-unsaturated/α-hetero) is 1. The Morgan fingerprint density at radius 3 is 2.80 bits per heavy atom. The Morgan fingerprint density at radius 1 is 1.40 bits per heavy atom. The van der Waals surface area contributed by atoms with Crippen molar-refractivity contribution >= 4 is 5.78 Å². The highest BCUT2D eigenvalue weighted by Crippen LogP contribution is 2.25. The molecule has 0 aromatic heterocycles. The SMILES string of the molecule is CCN(CC(=O)c1ccc(O)c(O)c1)CC1CCCO1. The lowest BCUT2D eigenvalue weighted by atomic mass is 10.1. The van der Waals surface area contributed by atoms with Crippen LogP contribution < -0.4 is 0 Å². The molecule has 1 aromatic carbocycles. The highest BCUT2D eigenvalue weighted by atomic mass is 16.5. The monoisotopic (exact) mass is 279 g/mol. The average Bonchev–Trinajstić information content (AvgIpc) is 2.93. The topological polar surface area (TPSA) is 70.0 Å². The number of aromatic hydroxyl groups is 2. The number of phenolic OH excluding ortho intramolecular Hbond substituents is 2. The third-order valence-corrected chi connectivity index (χ3v) is 3.60. The first-order valence-corrected chi connectivity index (χ1v) is 6.99. The van der Waals surface area contributed by atoms with Gasteiger partial charge in [0.25, 0.3) is 0 Å². The van der Waals surface area contributed by atoms with Crippen molar-refractivity contribution in [3.8, 4) is 11.5 Å². The minimum atomic E-state index is -0.266. The molecule has 20 heavy (non-hydrogen) atoms. The summed E-state index contributed by atoms with van der Waals surface area (Å²) < 4.78 is 5.58. The van der Waals surface area contributed by atoms with Crippen LogP contribution in [0.1, 0.15) is 30.1 Å². The predicted molar refractivity (Wildman–Crippen MR) is 75.2 cm³/mol. The van der Waals surface area contributed by atoms with Crippen LogP contribution in [0.3, 0.4) is 0 Å². The smallest absolute Gasteiger partial charge is 0.176 e. The normalized spacial score (nSPS) is 18.6. The molecule has 5 nitrogen and oxygen atoms in total. The largest absolute Gasteiger partial charge is 0.504 e. The van der Waals surface area contributed by atoms with Crippen molar-refractivity contribution in [2.75, 3.05) is 26.2 Å². The lowest BCUT2D eigenvalue weighted by Crippen LogP contribution is -2.36. The summed E-state index contributed by atoms with van der Waals surface area (Å²) in [5.74, 6) is -0.550. The van der Waals surface area contributed by atoms with Crippen molar-refractivity contribution in [2.24, 2.45) is 0 Å².